The van der Waals surface area contributed by atoms with E-state index in [1.54, 1.807) is 13.8 Å². The fourth-order valence-corrected chi connectivity index (χ4v) is 6.13. The van der Waals surface area contributed by atoms with E-state index < -0.39 is 15.6 Å². The number of carbonyl (C=O) groups is 1. The Labute approximate surface area is 129 Å². The molecule has 1 aromatic heterocycles. The number of hydrogen-bond donors (Lipinski definition) is 1. The van der Waals surface area contributed by atoms with E-state index in [0.29, 0.717) is 15.4 Å². The lowest BCUT2D eigenvalue weighted by atomic mass is 10.0. The minimum atomic E-state index is -3.73. The molecule has 1 N–H and O–H groups in total. The molecular weight excluding hydrogens is 376 g/mol. The van der Waals surface area contributed by atoms with Crippen molar-refractivity contribution in [1.29, 1.82) is 0 Å². The largest absolute Gasteiger partial charge is 0.353 e. The number of rotatable bonds is 2. The lowest BCUT2D eigenvalue weighted by Crippen LogP contribution is -2.63. The molecule has 2 rings (SSSR count). The van der Waals surface area contributed by atoms with Crippen molar-refractivity contribution in [3.63, 3.8) is 0 Å². The third-order valence-corrected chi connectivity index (χ3v) is 7.94. The second kappa shape index (κ2) is 5.00. The number of carbonyl (C=O) groups excluding carboxylic acids is 1. The lowest BCUT2D eigenvalue weighted by Gasteiger charge is -2.39. The summed E-state index contributed by atoms with van der Waals surface area (Å²) >= 11 is 10.1. The van der Waals surface area contributed by atoms with Gasteiger partial charge in [0.05, 0.1) is 8.81 Å². The first-order chi connectivity index (χ1) is 8.67. The molecule has 2 heterocycles. The van der Waals surface area contributed by atoms with Gasteiger partial charge in [-0.15, -0.1) is 11.3 Å². The molecule has 1 aliphatic rings. The Morgan fingerprint density at radius 3 is 2.68 bits per heavy atom. The number of halogens is 2. The third kappa shape index (κ3) is 2.56. The molecule has 1 aromatic rings. The average molecular weight is 388 g/mol. The number of sulfonamides is 1. The molecule has 106 valence electrons. The summed E-state index contributed by atoms with van der Waals surface area (Å²) in [6.45, 7) is 3.72. The number of amides is 1. The first kappa shape index (κ1) is 15.2. The van der Waals surface area contributed by atoms with Crippen LogP contribution < -0.4 is 5.32 Å². The summed E-state index contributed by atoms with van der Waals surface area (Å²) in [4.78, 5) is 11.8. The number of hydrogen-bond acceptors (Lipinski definition) is 4. The van der Waals surface area contributed by atoms with Gasteiger partial charge in [-0.3, -0.25) is 4.79 Å². The van der Waals surface area contributed by atoms with Crippen molar-refractivity contribution in [2.45, 2.75) is 23.6 Å². The molecule has 0 radical (unpaired) electrons. The predicted octanol–water partition coefficient (Wildman–Crippen LogP) is 2.06. The Hall–Kier alpha value is -0.150. The van der Waals surface area contributed by atoms with Crippen LogP contribution in [0.1, 0.15) is 13.8 Å². The maximum atomic E-state index is 12.6. The monoisotopic (exact) mass is 386 g/mol. The molecule has 0 saturated carbocycles. The molecule has 0 bridgehead atoms. The van der Waals surface area contributed by atoms with E-state index in [9.17, 15) is 13.2 Å². The summed E-state index contributed by atoms with van der Waals surface area (Å²) < 4.78 is 27.1. The van der Waals surface area contributed by atoms with E-state index in [1.165, 1.54) is 10.4 Å². The zero-order valence-electron chi connectivity index (χ0n) is 10.2. The number of piperazine rings is 1. The Morgan fingerprint density at radius 2 is 2.16 bits per heavy atom. The van der Waals surface area contributed by atoms with Gasteiger partial charge in [0.25, 0.3) is 10.0 Å². The van der Waals surface area contributed by atoms with E-state index in [0.717, 1.165) is 11.3 Å². The van der Waals surface area contributed by atoms with Gasteiger partial charge in [0.2, 0.25) is 5.91 Å². The van der Waals surface area contributed by atoms with Crippen LogP contribution in [0.2, 0.25) is 5.02 Å². The molecule has 0 aliphatic carbocycles. The fraction of sp³-hybridized carbons (Fsp3) is 0.500. The van der Waals surface area contributed by atoms with Gasteiger partial charge < -0.3 is 5.32 Å². The van der Waals surface area contributed by atoms with Crippen LogP contribution >= 0.6 is 38.9 Å². The summed E-state index contributed by atoms with van der Waals surface area (Å²) in [5.41, 5.74) is -1.11. The van der Waals surface area contributed by atoms with Crippen LogP contribution in [-0.4, -0.2) is 37.3 Å². The standard InChI is InChI=1S/C10H12BrClN2O3S2/c1-10(2)9(15)13-3-4-14(10)19(16,17)7-5-6(12)8(11)18-7/h5H,3-4H2,1-2H3,(H,13,15). The van der Waals surface area contributed by atoms with Gasteiger partial charge in [-0.25, -0.2) is 8.42 Å². The Kier molecular flexibility index (Phi) is 4.01. The average Bonchev–Trinajstić information content (AvgIpc) is 2.63. The van der Waals surface area contributed by atoms with Crippen LogP contribution in [0.15, 0.2) is 14.1 Å². The van der Waals surface area contributed by atoms with Crippen molar-refractivity contribution >= 4 is 54.8 Å². The van der Waals surface area contributed by atoms with Gasteiger partial charge in [0.15, 0.2) is 0 Å². The van der Waals surface area contributed by atoms with E-state index in [1.807, 2.05) is 0 Å². The Morgan fingerprint density at radius 1 is 1.53 bits per heavy atom. The summed E-state index contributed by atoms with van der Waals surface area (Å²) in [6, 6.07) is 1.40. The zero-order valence-corrected chi connectivity index (χ0v) is 14.2. The van der Waals surface area contributed by atoms with Gasteiger partial charge in [-0.2, -0.15) is 4.31 Å². The highest BCUT2D eigenvalue weighted by Gasteiger charge is 2.45. The van der Waals surface area contributed by atoms with E-state index >= 15 is 0 Å². The molecule has 0 aromatic carbocycles. The van der Waals surface area contributed by atoms with Crippen molar-refractivity contribution in [2.24, 2.45) is 0 Å². The summed E-state index contributed by atoms with van der Waals surface area (Å²) in [5.74, 6) is -0.302. The highest BCUT2D eigenvalue weighted by molar-refractivity contribution is 9.11. The van der Waals surface area contributed by atoms with Gasteiger partial charge >= 0.3 is 0 Å². The van der Waals surface area contributed by atoms with E-state index in [-0.39, 0.29) is 16.7 Å². The molecule has 1 fully saturated rings. The highest BCUT2D eigenvalue weighted by atomic mass is 79.9. The van der Waals surface area contributed by atoms with Crippen LogP contribution in [0.3, 0.4) is 0 Å². The second-order valence-electron chi connectivity index (χ2n) is 4.58. The minimum absolute atomic E-state index is 0.132. The minimum Gasteiger partial charge on any atom is -0.353 e. The Bertz CT molecular complexity index is 607. The quantitative estimate of drug-likeness (QED) is 0.845. The Balaban J connectivity index is 2.47. The van der Waals surface area contributed by atoms with Crippen molar-refractivity contribution in [3.05, 3.63) is 14.9 Å². The second-order valence-corrected chi connectivity index (χ2v) is 9.45. The molecule has 19 heavy (non-hydrogen) atoms. The maximum absolute atomic E-state index is 12.6. The molecule has 0 unspecified atom stereocenters. The molecule has 1 aliphatic heterocycles. The summed E-state index contributed by atoms with van der Waals surface area (Å²) in [5, 5.41) is 3.02. The maximum Gasteiger partial charge on any atom is 0.253 e. The third-order valence-electron chi connectivity index (χ3n) is 2.95. The molecule has 5 nitrogen and oxygen atoms in total. The number of nitrogens with zero attached hydrogens (tertiary/aromatic N) is 1. The van der Waals surface area contributed by atoms with Gasteiger partial charge in [-0.1, -0.05) is 11.6 Å². The molecule has 1 amide bonds. The van der Waals surface area contributed by atoms with Gasteiger partial charge in [0, 0.05) is 13.1 Å². The zero-order chi connectivity index (χ0) is 14.4. The number of nitrogens with one attached hydrogen (secondary N) is 1. The fourth-order valence-electron chi connectivity index (χ4n) is 1.86. The topological polar surface area (TPSA) is 66.5 Å². The van der Waals surface area contributed by atoms with Crippen molar-refractivity contribution in [2.75, 3.05) is 13.1 Å². The first-order valence-electron chi connectivity index (χ1n) is 5.43. The molecule has 9 heteroatoms. The van der Waals surface area contributed by atoms with Crippen molar-refractivity contribution in [1.82, 2.24) is 9.62 Å². The van der Waals surface area contributed by atoms with Crippen LogP contribution in [0.25, 0.3) is 0 Å². The number of thiophene rings is 1. The molecular formula is C10H12BrClN2O3S2. The summed E-state index contributed by atoms with van der Waals surface area (Å²) in [6.07, 6.45) is 0. The van der Waals surface area contributed by atoms with Crippen LogP contribution in [0.4, 0.5) is 0 Å². The molecule has 0 atom stereocenters. The smallest absolute Gasteiger partial charge is 0.253 e. The molecule has 1 saturated heterocycles. The van der Waals surface area contributed by atoms with E-state index in [2.05, 4.69) is 21.2 Å². The van der Waals surface area contributed by atoms with Crippen molar-refractivity contribution in [3.8, 4) is 0 Å². The summed E-state index contributed by atoms with van der Waals surface area (Å²) in [7, 11) is -3.73. The molecule has 0 spiro atoms. The van der Waals surface area contributed by atoms with E-state index in [4.69, 9.17) is 11.6 Å². The lowest BCUT2D eigenvalue weighted by molar-refractivity contribution is -0.131. The SMILES string of the molecule is CC1(C)C(=O)NCCN1S(=O)(=O)c1cc(Cl)c(Br)s1. The van der Waals surface area contributed by atoms with Gasteiger partial charge in [-0.05, 0) is 35.8 Å². The van der Waals surface area contributed by atoms with Gasteiger partial charge in [0.1, 0.15) is 9.75 Å². The predicted molar refractivity (Wildman–Crippen MR) is 78.0 cm³/mol. The normalized spacial score (nSPS) is 20.3. The highest BCUT2D eigenvalue weighted by Crippen LogP contribution is 2.37. The van der Waals surface area contributed by atoms with Crippen LogP contribution in [-0.2, 0) is 14.8 Å². The van der Waals surface area contributed by atoms with Crippen molar-refractivity contribution < 1.29 is 13.2 Å². The van der Waals surface area contributed by atoms with Crippen LogP contribution in [0, 0.1) is 0 Å². The first-order valence-corrected chi connectivity index (χ1v) is 8.86. The van der Waals surface area contributed by atoms with Crippen LogP contribution in [0.5, 0.6) is 0 Å².